The predicted octanol–water partition coefficient (Wildman–Crippen LogP) is 3.44. The largest absolute Gasteiger partial charge is 0.465 e. The molecule has 1 aromatic rings. The lowest BCUT2D eigenvalue weighted by atomic mass is 9.84. The molecule has 1 unspecified atom stereocenters. The maximum absolute atomic E-state index is 11.8. The monoisotopic (exact) mass is 238 g/mol. The molecule has 0 bridgehead atoms. The molecule has 88 valence electrons. The highest BCUT2D eigenvalue weighted by Crippen LogP contribution is 2.27. The van der Waals surface area contributed by atoms with E-state index in [2.05, 4.69) is 18.0 Å². The molecule has 1 aromatic heterocycles. The fourth-order valence-corrected chi connectivity index (χ4v) is 2.13. The van der Waals surface area contributed by atoms with E-state index in [9.17, 15) is 4.79 Å². The van der Waals surface area contributed by atoms with Crippen molar-refractivity contribution in [1.29, 1.82) is 0 Å². The number of carbonyl (C=O) groups excluding carboxylic acids is 1. The number of rotatable bonds is 6. The van der Waals surface area contributed by atoms with E-state index >= 15 is 0 Å². The molecular weight excluding hydrogens is 220 g/mol. The van der Waals surface area contributed by atoms with Crippen molar-refractivity contribution in [2.75, 3.05) is 6.61 Å². The van der Waals surface area contributed by atoms with Crippen LogP contribution in [0.1, 0.15) is 25.8 Å². The zero-order valence-electron chi connectivity index (χ0n) is 9.86. The standard InChI is InChI=1S/C13H18O2S/c1-4-13(3,12(14)15-5-2)8-6-11-7-9-16-10-11/h4,7,9-10H,1,5-6,8H2,2-3H3. The van der Waals surface area contributed by atoms with E-state index < -0.39 is 5.41 Å². The molecule has 3 heteroatoms. The minimum Gasteiger partial charge on any atom is -0.465 e. The van der Waals surface area contributed by atoms with Crippen LogP contribution in [0.4, 0.5) is 0 Å². The molecule has 0 radical (unpaired) electrons. The van der Waals surface area contributed by atoms with Gasteiger partial charge in [-0.05, 0) is 49.1 Å². The number of aryl methyl sites for hydroxylation is 1. The molecule has 0 aromatic carbocycles. The van der Waals surface area contributed by atoms with Crippen molar-refractivity contribution in [3.63, 3.8) is 0 Å². The Bertz CT molecular complexity index is 343. The highest BCUT2D eigenvalue weighted by molar-refractivity contribution is 7.07. The second-order valence-electron chi connectivity index (χ2n) is 3.97. The number of ether oxygens (including phenoxy) is 1. The highest BCUT2D eigenvalue weighted by atomic mass is 32.1. The summed E-state index contributed by atoms with van der Waals surface area (Å²) in [4.78, 5) is 11.8. The quantitative estimate of drug-likeness (QED) is 0.560. The van der Waals surface area contributed by atoms with E-state index in [1.54, 1.807) is 17.4 Å². The lowest BCUT2D eigenvalue weighted by Crippen LogP contribution is -2.28. The van der Waals surface area contributed by atoms with Gasteiger partial charge < -0.3 is 4.74 Å². The van der Waals surface area contributed by atoms with Crippen molar-refractivity contribution >= 4 is 17.3 Å². The highest BCUT2D eigenvalue weighted by Gasteiger charge is 2.30. The molecule has 0 aliphatic carbocycles. The Kier molecular flexibility index (Phi) is 4.74. The van der Waals surface area contributed by atoms with Crippen molar-refractivity contribution in [2.24, 2.45) is 5.41 Å². The van der Waals surface area contributed by atoms with E-state index in [1.165, 1.54) is 5.56 Å². The molecule has 0 fully saturated rings. The van der Waals surface area contributed by atoms with Crippen molar-refractivity contribution in [2.45, 2.75) is 26.7 Å². The Hall–Kier alpha value is -1.09. The maximum atomic E-state index is 11.8. The molecule has 0 saturated heterocycles. The van der Waals surface area contributed by atoms with Crippen molar-refractivity contribution in [1.82, 2.24) is 0 Å². The Morgan fingerprint density at radius 2 is 2.44 bits per heavy atom. The number of hydrogen-bond acceptors (Lipinski definition) is 3. The minimum absolute atomic E-state index is 0.180. The van der Waals surface area contributed by atoms with Gasteiger partial charge >= 0.3 is 5.97 Å². The third-order valence-corrected chi connectivity index (χ3v) is 3.44. The smallest absolute Gasteiger partial charge is 0.315 e. The Labute approximate surface area is 101 Å². The van der Waals surface area contributed by atoms with Crippen LogP contribution in [0.25, 0.3) is 0 Å². The van der Waals surface area contributed by atoms with Gasteiger partial charge in [0.1, 0.15) is 0 Å². The van der Waals surface area contributed by atoms with Gasteiger partial charge in [0.25, 0.3) is 0 Å². The molecule has 0 spiro atoms. The number of esters is 1. The van der Waals surface area contributed by atoms with Crippen LogP contribution in [-0.4, -0.2) is 12.6 Å². The molecule has 0 amide bonds. The van der Waals surface area contributed by atoms with Crippen molar-refractivity contribution in [3.05, 3.63) is 35.0 Å². The third kappa shape index (κ3) is 3.20. The van der Waals surface area contributed by atoms with Gasteiger partial charge in [0.05, 0.1) is 12.0 Å². The predicted molar refractivity (Wildman–Crippen MR) is 67.6 cm³/mol. The van der Waals surface area contributed by atoms with Gasteiger partial charge in [-0.25, -0.2) is 0 Å². The zero-order chi connectivity index (χ0) is 12.0. The fourth-order valence-electron chi connectivity index (χ4n) is 1.42. The first kappa shape index (κ1) is 13.0. The van der Waals surface area contributed by atoms with Gasteiger partial charge in [0, 0.05) is 0 Å². The van der Waals surface area contributed by atoms with E-state index in [1.807, 2.05) is 19.2 Å². The second-order valence-corrected chi connectivity index (χ2v) is 4.75. The Morgan fingerprint density at radius 1 is 1.69 bits per heavy atom. The Balaban J connectivity index is 2.59. The van der Waals surface area contributed by atoms with Gasteiger partial charge in [0.2, 0.25) is 0 Å². The van der Waals surface area contributed by atoms with Gasteiger partial charge in [-0.15, -0.1) is 6.58 Å². The van der Waals surface area contributed by atoms with Crippen LogP contribution >= 0.6 is 11.3 Å². The molecule has 1 rings (SSSR count). The van der Waals surface area contributed by atoms with Crippen molar-refractivity contribution in [3.8, 4) is 0 Å². The number of hydrogen-bond donors (Lipinski definition) is 0. The van der Waals surface area contributed by atoms with Crippen LogP contribution in [0.15, 0.2) is 29.5 Å². The van der Waals surface area contributed by atoms with E-state index in [0.29, 0.717) is 6.61 Å². The van der Waals surface area contributed by atoms with Crippen LogP contribution in [0.3, 0.4) is 0 Å². The lowest BCUT2D eigenvalue weighted by molar-refractivity contribution is -0.151. The van der Waals surface area contributed by atoms with Gasteiger partial charge in [-0.3, -0.25) is 4.79 Å². The molecule has 16 heavy (non-hydrogen) atoms. The normalized spacial score (nSPS) is 14.1. The minimum atomic E-state index is -0.571. The Morgan fingerprint density at radius 3 is 2.94 bits per heavy atom. The summed E-state index contributed by atoms with van der Waals surface area (Å²) in [5, 5.41) is 4.15. The summed E-state index contributed by atoms with van der Waals surface area (Å²) in [6, 6.07) is 2.08. The molecule has 1 heterocycles. The summed E-state index contributed by atoms with van der Waals surface area (Å²) in [6.45, 7) is 7.85. The molecule has 0 saturated carbocycles. The molecule has 0 N–H and O–H groups in total. The lowest BCUT2D eigenvalue weighted by Gasteiger charge is -2.22. The summed E-state index contributed by atoms with van der Waals surface area (Å²) >= 11 is 1.67. The molecule has 2 nitrogen and oxygen atoms in total. The van der Waals surface area contributed by atoms with Crippen LogP contribution < -0.4 is 0 Å². The number of thiophene rings is 1. The van der Waals surface area contributed by atoms with E-state index in [4.69, 9.17) is 4.74 Å². The van der Waals surface area contributed by atoms with Gasteiger partial charge in [0.15, 0.2) is 0 Å². The topological polar surface area (TPSA) is 26.3 Å². The molecular formula is C13H18O2S. The molecule has 0 aliphatic rings. The first-order valence-electron chi connectivity index (χ1n) is 5.44. The van der Waals surface area contributed by atoms with Crippen LogP contribution in [-0.2, 0) is 16.0 Å². The first-order chi connectivity index (χ1) is 7.62. The average Bonchev–Trinajstić information content (AvgIpc) is 2.79. The summed E-state index contributed by atoms with van der Waals surface area (Å²) < 4.78 is 5.06. The number of carbonyl (C=O) groups is 1. The first-order valence-corrected chi connectivity index (χ1v) is 6.38. The van der Waals surface area contributed by atoms with Gasteiger partial charge in [-0.2, -0.15) is 11.3 Å². The summed E-state index contributed by atoms with van der Waals surface area (Å²) in [6.07, 6.45) is 3.31. The van der Waals surface area contributed by atoms with E-state index in [0.717, 1.165) is 12.8 Å². The van der Waals surface area contributed by atoms with E-state index in [-0.39, 0.29) is 5.97 Å². The third-order valence-electron chi connectivity index (χ3n) is 2.71. The fraction of sp³-hybridized carbons (Fsp3) is 0.462. The van der Waals surface area contributed by atoms with Crippen LogP contribution in [0, 0.1) is 5.41 Å². The average molecular weight is 238 g/mol. The van der Waals surface area contributed by atoms with Crippen LogP contribution in [0.2, 0.25) is 0 Å². The van der Waals surface area contributed by atoms with Crippen molar-refractivity contribution < 1.29 is 9.53 Å². The van der Waals surface area contributed by atoms with Gasteiger partial charge in [-0.1, -0.05) is 6.08 Å². The summed E-state index contributed by atoms with van der Waals surface area (Å²) in [5.41, 5.74) is 0.695. The molecule has 1 atom stereocenters. The second kappa shape index (κ2) is 5.85. The van der Waals surface area contributed by atoms with Crippen LogP contribution in [0.5, 0.6) is 0 Å². The zero-order valence-corrected chi connectivity index (χ0v) is 10.7. The molecule has 0 aliphatic heterocycles. The SMILES string of the molecule is C=CC(C)(CCc1ccsc1)C(=O)OCC. The summed E-state index contributed by atoms with van der Waals surface area (Å²) in [7, 11) is 0. The maximum Gasteiger partial charge on any atom is 0.315 e. The summed E-state index contributed by atoms with van der Waals surface area (Å²) in [5.74, 6) is -0.180.